The third-order valence-corrected chi connectivity index (χ3v) is 8.12. The first-order chi connectivity index (χ1) is 17.4. The van der Waals surface area contributed by atoms with E-state index in [1.807, 2.05) is 0 Å². The summed E-state index contributed by atoms with van der Waals surface area (Å²) in [5.41, 5.74) is 3.49. The molecule has 3 aliphatic carbocycles. The standard InChI is InChI=1S/C27H26N2O8/c1-29(2)20-14-10-13-17(24(34)27(14,37)25(35)19(23(20)33)26(28)36)22(32)18-15(30)9-8-12(16(18)21(13)31)11-6-4-3-5-7-11/h3-9,13-14,17,19-21,30-31,37H,10H2,1-2H3,(H2,28,36)/t13-,14-,17?,19?,20-,21+,27-/m0/s1. The molecule has 0 spiro atoms. The Morgan fingerprint density at radius 3 is 2.27 bits per heavy atom. The molecule has 7 atom stereocenters. The van der Waals surface area contributed by atoms with Gasteiger partial charge in [-0.25, -0.2) is 0 Å². The fourth-order valence-corrected chi connectivity index (χ4v) is 6.52. The van der Waals surface area contributed by atoms with Gasteiger partial charge in [-0.05, 0) is 37.7 Å². The van der Waals surface area contributed by atoms with Crippen LogP contribution in [0.5, 0.6) is 5.75 Å². The van der Waals surface area contributed by atoms with Gasteiger partial charge in [-0.1, -0.05) is 36.4 Å². The number of Topliss-reactive ketones (excluding diaryl/α,β-unsaturated/α-hetero) is 4. The molecule has 192 valence electrons. The SMILES string of the molecule is CN(C)[C@@H]1C(=O)C(C(N)=O)C(=O)[C@@]2(O)C(=O)C3C(=O)c4c(O)ccc(-c5ccccc5)c4[C@H](O)[C@H]3C[C@@H]12. The number of phenolic OH excluding ortho intramolecular Hbond substituents is 1. The van der Waals surface area contributed by atoms with E-state index in [1.165, 1.54) is 25.1 Å². The fourth-order valence-electron chi connectivity index (χ4n) is 6.52. The van der Waals surface area contributed by atoms with Crippen LogP contribution in [-0.4, -0.2) is 75.0 Å². The fraction of sp³-hybridized carbons (Fsp3) is 0.370. The zero-order valence-electron chi connectivity index (χ0n) is 20.1. The van der Waals surface area contributed by atoms with Gasteiger partial charge < -0.3 is 21.1 Å². The zero-order valence-corrected chi connectivity index (χ0v) is 20.1. The summed E-state index contributed by atoms with van der Waals surface area (Å²) in [5.74, 6) is -12.1. The molecule has 2 saturated carbocycles. The number of primary amides is 1. The minimum absolute atomic E-state index is 0.139. The molecule has 0 aliphatic heterocycles. The van der Waals surface area contributed by atoms with Crippen molar-refractivity contribution in [3.05, 3.63) is 53.6 Å². The monoisotopic (exact) mass is 506 g/mol. The molecule has 5 N–H and O–H groups in total. The van der Waals surface area contributed by atoms with Gasteiger partial charge in [0.2, 0.25) is 5.91 Å². The van der Waals surface area contributed by atoms with Crippen LogP contribution in [0.4, 0.5) is 0 Å². The van der Waals surface area contributed by atoms with E-state index in [2.05, 4.69) is 0 Å². The molecule has 0 saturated heterocycles. The van der Waals surface area contributed by atoms with Crippen LogP contribution < -0.4 is 5.73 Å². The zero-order chi connectivity index (χ0) is 27.0. The minimum atomic E-state index is -2.84. The number of hydrogen-bond donors (Lipinski definition) is 4. The number of phenols is 1. The number of fused-ring (bicyclic) bond motifs is 3. The Labute approximate surface area is 211 Å². The van der Waals surface area contributed by atoms with Crippen molar-refractivity contribution in [2.75, 3.05) is 14.1 Å². The number of likely N-dealkylation sites (N-methyl/N-ethyl adjacent to an activating group) is 1. The number of ketones is 4. The highest BCUT2D eigenvalue weighted by Crippen LogP contribution is 2.55. The van der Waals surface area contributed by atoms with Gasteiger partial charge in [0.05, 0.1) is 23.6 Å². The number of carbonyl (C=O) groups is 5. The third kappa shape index (κ3) is 3.26. The summed E-state index contributed by atoms with van der Waals surface area (Å²) in [5, 5.41) is 33.8. The van der Waals surface area contributed by atoms with Crippen molar-refractivity contribution in [3.8, 4) is 16.9 Å². The van der Waals surface area contributed by atoms with Crippen molar-refractivity contribution in [1.29, 1.82) is 0 Å². The molecule has 2 unspecified atom stereocenters. The van der Waals surface area contributed by atoms with E-state index in [-0.39, 0.29) is 17.5 Å². The van der Waals surface area contributed by atoms with Crippen LogP contribution in [0.2, 0.25) is 0 Å². The highest BCUT2D eigenvalue weighted by atomic mass is 16.3. The lowest BCUT2D eigenvalue weighted by Gasteiger charge is -2.53. The summed E-state index contributed by atoms with van der Waals surface area (Å²) in [6.45, 7) is 0. The molecule has 37 heavy (non-hydrogen) atoms. The lowest BCUT2D eigenvalue weighted by Crippen LogP contribution is -2.74. The molecule has 3 aliphatic rings. The summed E-state index contributed by atoms with van der Waals surface area (Å²) in [6.07, 6.45) is -1.68. The first-order valence-corrected chi connectivity index (χ1v) is 11.9. The Morgan fingerprint density at radius 2 is 1.68 bits per heavy atom. The quantitative estimate of drug-likeness (QED) is 0.418. The van der Waals surface area contributed by atoms with Crippen LogP contribution in [0.15, 0.2) is 42.5 Å². The molecule has 10 heteroatoms. The van der Waals surface area contributed by atoms with Crippen molar-refractivity contribution in [1.82, 2.24) is 4.90 Å². The maximum Gasteiger partial charge on any atom is 0.235 e. The number of carbonyl (C=O) groups excluding carboxylic acids is 5. The summed E-state index contributed by atoms with van der Waals surface area (Å²) in [4.78, 5) is 67.5. The molecular weight excluding hydrogens is 480 g/mol. The Morgan fingerprint density at radius 1 is 1.03 bits per heavy atom. The lowest BCUT2D eigenvalue weighted by atomic mass is 9.51. The van der Waals surface area contributed by atoms with Crippen LogP contribution in [0.3, 0.4) is 0 Å². The van der Waals surface area contributed by atoms with E-state index in [1.54, 1.807) is 36.4 Å². The first-order valence-electron chi connectivity index (χ1n) is 11.9. The van der Waals surface area contributed by atoms with E-state index in [0.29, 0.717) is 11.1 Å². The summed E-state index contributed by atoms with van der Waals surface area (Å²) >= 11 is 0. The highest BCUT2D eigenvalue weighted by molar-refractivity contribution is 6.32. The van der Waals surface area contributed by atoms with E-state index in [0.717, 1.165) is 0 Å². The molecule has 0 heterocycles. The third-order valence-electron chi connectivity index (χ3n) is 8.12. The van der Waals surface area contributed by atoms with E-state index >= 15 is 0 Å². The predicted molar refractivity (Wildman–Crippen MR) is 128 cm³/mol. The van der Waals surface area contributed by atoms with Crippen molar-refractivity contribution in [2.24, 2.45) is 29.4 Å². The lowest BCUT2D eigenvalue weighted by molar-refractivity contribution is -0.184. The van der Waals surface area contributed by atoms with Gasteiger partial charge in [0, 0.05) is 17.4 Å². The molecule has 10 nitrogen and oxygen atoms in total. The minimum Gasteiger partial charge on any atom is -0.507 e. The van der Waals surface area contributed by atoms with Gasteiger partial charge in [0.15, 0.2) is 34.7 Å². The number of aromatic hydroxyl groups is 1. The second-order valence-corrected chi connectivity index (χ2v) is 10.2. The predicted octanol–water partition coefficient (Wildman–Crippen LogP) is 0.0249. The number of nitrogens with zero attached hydrogens (tertiary/aromatic N) is 1. The van der Waals surface area contributed by atoms with Crippen LogP contribution in [0.1, 0.15) is 28.4 Å². The number of amides is 1. The molecule has 0 bridgehead atoms. The maximum absolute atomic E-state index is 13.8. The first kappa shape index (κ1) is 24.9. The van der Waals surface area contributed by atoms with Crippen LogP contribution in [-0.2, 0) is 19.2 Å². The van der Waals surface area contributed by atoms with Gasteiger partial charge in [-0.15, -0.1) is 0 Å². The average Bonchev–Trinajstić information content (AvgIpc) is 2.84. The summed E-state index contributed by atoms with van der Waals surface area (Å²) in [7, 11) is 2.99. The molecule has 0 radical (unpaired) electrons. The molecule has 5 rings (SSSR count). The Bertz CT molecular complexity index is 1370. The van der Waals surface area contributed by atoms with Crippen molar-refractivity contribution in [3.63, 3.8) is 0 Å². The largest absolute Gasteiger partial charge is 0.507 e. The summed E-state index contributed by atoms with van der Waals surface area (Å²) in [6, 6.07) is 10.5. The van der Waals surface area contributed by atoms with Crippen molar-refractivity contribution < 1.29 is 39.3 Å². The van der Waals surface area contributed by atoms with E-state index in [4.69, 9.17) is 5.73 Å². The average molecular weight is 507 g/mol. The van der Waals surface area contributed by atoms with Crippen LogP contribution in [0, 0.1) is 23.7 Å². The van der Waals surface area contributed by atoms with Crippen LogP contribution in [0.25, 0.3) is 11.1 Å². The molecular formula is C27H26N2O8. The number of aliphatic hydroxyl groups excluding tert-OH is 1. The Balaban J connectivity index is 1.71. The number of aliphatic hydroxyl groups is 2. The van der Waals surface area contributed by atoms with E-state index < -0.39 is 76.2 Å². The normalized spacial score (nSPS) is 33.1. The van der Waals surface area contributed by atoms with Gasteiger partial charge in [-0.3, -0.25) is 28.9 Å². The van der Waals surface area contributed by atoms with Crippen molar-refractivity contribution >= 4 is 29.0 Å². The number of nitrogens with two attached hydrogens (primary N) is 1. The molecule has 1 amide bonds. The Kier molecular flexibility index (Phi) is 5.67. The molecule has 2 aromatic carbocycles. The Hall–Kier alpha value is -3.73. The smallest absolute Gasteiger partial charge is 0.235 e. The summed E-state index contributed by atoms with van der Waals surface area (Å²) < 4.78 is 0. The van der Waals surface area contributed by atoms with Gasteiger partial charge in [0.1, 0.15) is 5.75 Å². The number of benzene rings is 2. The highest BCUT2D eigenvalue weighted by Gasteiger charge is 2.70. The van der Waals surface area contributed by atoms with Gasteiger partial charge in [-0.2, -0.15) is 0 Å². The topological polar surface area (TPSA) is 175 Å². The molecule has 2 fully saturated rings. The van der Waals surface area contributed by atoms with E-state index in [9.17, 15) is 39.3 Å². The maximum atomic E-state index is 13.8. The molecule has 2 aromatic rings. The van der Waals surface area contributed by atoms with Gasteiger partial charge >= 0.3 is 0 Å². The number of hydrogen-bond acceptors (Lipinski definition) is 9. The second kappa shape index (κ2) is 8.41. The number of rotatable bonds is 3. The van der Waals surface area contributed by atoms with Gasteiger partial charge in [0.25, 0.3) is 0 Å². The molecule has 0 aromatic heterocycles. The van der Waals surface area contributed by atoms with Crippen molar-refractivity contribution in [2.45, 2.75) is 24.2 Å². The van der Waals surface area contributed by atoms with Crippen LogP contribution >= 0.6 is 0 Å². The second-order valence-electron chi connectivity index (χ2n) is 10.2.